The Kier molecular flexibility index (Phi) is 4.40. The van der Waals surface area contributed by atoms with E-state index in [2.05, 4.69) is 4.98 Å². The third kappa shape index (κ3) is 2.84. The molecule has 1 heterocycles. The van der Waals surface area contributed by atoms with Gasteiger partial charge < -0.3 is 0 Å². The van der Waals surface area contributed by atoms with E-state index in [0.717, 1.165) is 6.20 Å². The monoisotopic (exact) mass is 359 g/mol. The van der Waals surface area contributed by atoms with Crippen molar-refractivity contribution < 1.29 is 13.2 Å². The van der Waals surface area contributed by atoms with Gasteiger partial charge in [0.2, 0.25) is 0 Å². The summed E-state index contributed by atoms with van der Waals surface area (Å²) in [6, 6.07) is 3.95. The van der Waals surface area contributed by atoms with Gasteiger partial charge in [-0.25, -0.2) is 0 Å². The highest BCUT2D eigenvalue weighted by atomic mass is 35.5. The second-order valence-electron chi connectivity index (χ2n) is 3.73. The number of hydrogen-bond donors (Lipinski definition) is 0. The lowest BCUT2D eigenvalue weighted by atomic mass is 10.0. The quantitative estimate of drug-likeness (QED) is 0.537. The van der Waals surface area contributed by atoms with Gasteiger partial charge in [0, 0.05) is 17.3 Å². The van der Waals surface area contributed by atoms with Crippen LogP contribution < -0.4 is 0 Å². The molecule has 0 bridgehead atoms. The number of nitrogens with zero attached hydrogens (tertiary/aromatic N) is 1. The van der Waals surface area contributed by atoms with E-state index in [4.69, 9.17) is 46.4 Å². The molecule has 0 aliphatic heterocycles. The van der Waals surface area contributed by atoms with Crippen molar-refractivity contribution in [3.8, 4) is 11.1 Å². The van der Waals surface area contributed by atoms with E-state index in [1.807, 2.05) is 0 Å². The molecule has 0 saturated carbocycles. The molecule has 1 aromatic heterocycles. The molecule has 1 aromatic carbocycles. The molecule has 0 N–H and O–H groups in total. The summed E-state index contributed by atoms with van der Waals surface area (Å²) in [4.78, 5) is 3.33. The predicted molar refractivity (Wildman–Crippen MR) is 74.7 cm³/mol. The van der Waals surface area contributed by atoms with Crippen molar-refractivity contribution in [1.29, 1.82) is 0 Å². The molecule has 0 unspecified atom stereocenters. The van der Waals surface area contributed by atoms with Gasteiger partial charge in [-0.1, -0.05) is 46.4 Å². The Morgan fingerprint density at radius 2 is 1.35 bits per heavy atom. The molecular formula is C12H4Cl4F3N. The maximum absolute atomic E-state index is 13.0. The van der Waals surface area contributed by atoms with Gasteiger partial charge in [0.25, 0.3) is 0 Å². The van der Waals surface area contributed by atoms with Crippen molar-refractivity contribution >= 4 is 46.4 Å². The fourth-order valence-electron chi connectivity index (χ4n) is 1.65. The topological polar surface area (TPSA) is 12.9 Å². The van der Waals surface area contributed by atoms with Crippen LogP contribution in [0.5, 0.6) is 0 Å². The van der Waals surface area contributed by atoms with E-state index in [1.165, 1.54) is 18.2 Å². The molecule has 2 aromatic rings. The highest BCUT2D eigenvalue weighted by Crippen LogP contribution is 2.46. The van der Waals surface area contributed by atoms with Crippen molar-refractivity contribution in [2.24, 2.45) is 0 Å². The highest BCUT2D eigenvalue weighted by Gasteiger charge is 2.37. The molecule has 0 aliphatic carbocycles. The minimum Gasteiger partial charge on any atom is -0.251 e. The number of rotatable bonds is 1. The molecule has 0 spiro atoms. The van der Waals surface area contributed by atoms with E-state index >= 15 is 0 Å². The average molecular weight is 361 g/mol. The van der Waals surface area contributed by atoms with Crippen molar-refractivity contribution in [2.75, 3.05) is 0 Å². The number of alkyl halides is 3. The first-order chi connectivity index (χ1) is 9.23. The first-order valence-electron chi connectivity index (χ1n) is 5.09. The number of halogens is 7. The molecule has 106 valence electrons. The summed E-state index contributed by atoms with van der Waals surface area (Å²) < 4.78 is 39.1. The van der Waals surface area contributed by atoms with Gasteiger partial charge in [0.05, 0.1) is 20.1 Å². The summed E-state index contributed by atoms with van der Waals surface area (Å²) in [5, 5.41) is -0.211. The average Bonchev–Trinajstić information content (AvgIpc) is 2.35. The normalized spacial score (nSPS) is 11.8. The Morgan fingerprint density at radius 1 is 0.800 bits per heavy atom. The number of benzene rings is 1. The third-order valence-corrected chi connectivity index (χ3v) is 3.90. The van der Waals surface area contributed by atoms with Crippen LogP contribution in [-0.4, -0.2) is 4.98 Å². The lowest BCUT2D eigenvalue weighted by molar-refractivity contribution is -0.140. The van der Waals surface area contributed by atoms with Gasteiger partial charge in [-0.05, 0) is 18.2 Å². The molecule has 1 nitrogen and oxygen atoms in total. The standard InChI is InChI=1S/C12H4Cl4F3N/c13-5-1-2-7(15)10(16)8(5)9-6(14)3-4-20-11(9)12(17,18)19/h1-4H. The highest BCUT2D eigenvalue weighted by molar-refractivity contribution is 6.47. The zero-order valence-electron chi connectivity index (χ0n) is 9.40. The molecule has 20 heavy (non-hydrogen) atoms. The maximum Gasteiger partial charge on any atom is 0.434 e. The minimum atomic E-state index is -4.70. The zero-order valence-corrected chi connectivity index (χ0v) is 12.4. The molecule has 0 fully saturated rings. The largest absolute Gasteiger partial charge is 0.434 e. The van der Waals surface area contributed by atoms with Crippen LogP contribution in [0.3, 0.4) is 0 Å². The number of pyridine rings is 1. The van der Waals surface area contributed by atoms with Gasteiger partial charge in [-0.15, -0.1) is 0 Å². The second kappa shape index (κ2) is 5.60. The Labute approximate surface area is 132 Å². The fourth-order valence-corrected chi connectivity index (χ4v) is 2.60. The Bertz CT molecular complexity index is 670. The van der Waals surface area contributed by atoms with Gasteiger partial charge in [0.15, 0.2) is 5.69 Å². The van der Waals surface area contributed by atoms with Crippen LogP contribution in [0.15, 0.2) is 24.4 Å². The minimum absolute atomic E-state index is 0.000185. The van der Waals surface area contributed by atoms with Crippen LogP contribution in [0.1, 0.15) is 5.69 Å². The Morgan fingerprint density at radius 3 is 1.95 bits per heavy atom. The first kappa shape index (κ1) is 15.7. The lowest BCUT2D eigenvalue weighted by Gasteiger charge is -2.16. The Hall–Kier alpha value is -0.680. The number of aromatic nitrogens is 1. The van der Waals surface area contributed by atoms with Gasteiger partial charge in [0.1, 0.15) is 0 Å². The molecule has 0 amide bonds. The van der Waals surface area contributed by atoms with E-state index in [0.29, 0.717) is 0 Å². The first-order valence-corrected chi connectivity index (χ1v) is 6.60. The third-order valence-electron chi connectivity index (χ3n) is 2.46. The molecule has 2 rings (SSSR count). The van der Waals surface area contributed by atoms with Gasteiger partial charge in [-0.2, -0.15) is 13.2 Å². The summed E-state index contributed by atoms with van der Waals surface area (Å²) >= 11 is 23.6. The van der Waals surface area contributed by atoms with Crippen molar-refractivity contribution in [3.63, 3.8) is 0 Å². The number of hydrogen-bond acceptors (Lipinski definition) is 1. The smallest absolute Gasteiger partial charge is 0.251 e. The van der Waals surface area contributed by atoms with Crippen LogP contribution in [0.2, 0.25) is 20.1 Å². The second-order valence-corrected chi connectivity index (χ2v) is 5.33. The van der Waals surface area contributed by atoms with Crippen LogP contribution in [-0.2, 0) is 6.18 Å². The van der Waals surface area contributed by atoms with Crippen LogP contribution in [0.25, 0.3) is 11.1 Å². The van der Waals surface area contributed by atoms with Crippen molar-refractivity contribution in [2.45, 2.75) is 6.18 Å². The fraction of sp³-hybridized carbons (Fsp3) is 0.0833. The van der Waals surface area contributed by atoms with Crippen LogP contribution >= 0.6 is 46.4 Å². The summed E-state index contributed by atoms with van der Waals surface area (Å²) in [7, 11) is 0. The van der Waals surface area contributed by atoms with Crippen molar-refractivity contribution in [3.05, 3.63) is 50.2 Å². The predicted octanol–water partition coefficient (Wildman–Crippen LogP) is 6.38. The lowest BCUT2D eigenvalue weighted by Crippen LogP contribution is -2.10. The van der Waals surface area contributed by atoms with Crippen LogP contribution in [0.4, 0.5) is 13.2 Å². The van der Waals surface area contributed by atoms with Crippen LogP contribution in [0, 0.1) is 0 Å². The molecule has 0 aliphatic rings. The van der Waals surface area contributed by atoms with E-state index in [9.17, 15) is 13.2 Å². The van der Waals surface area contributed by atoms with E-state index in [-0.39, 0.29) is 31.2 Å². The zero-order chi connectivity index (χ0) is 15.1. The van der Waals surface area contributed by atoms with E-state index < -0.39 is 11.9 Å². The summed E-state index contributed by atoms with van der Waals surface area (Å²) in [6.45, 7) is 0. The molecular weight excluding hydrogens is 357 g/mol. The summed E-state index contributed by atoms with van der Waals surface area (Å²) in [6.07, 6.45) is -3.74. The Balaban J connectivity index is 2.87. The maximum atomic E-state index is 13.0. The molecule has 0 atom stereocenters. The van der Waals surface area contributed by atoms with Gasteiger partial charge in [-0.3, -0.25) is 4.98 Å². The molecule has 8 heteroatoms. The van der Waals surface area contributed by atoms with Gasteiger partial charge >= 0.3 is 6.18 Å². The van der Waals surface area contributed by atoms with E-state index in [1.54, 1.807) is 0 Å². The van der Waals surface area contributed by atoms with Crippen molar-refractivity contribution in [1.82, 2.24) is 4.98 Å². The summed E-state index contributed by atoms with van der Waals surface area (Å²) in [5.74, 6) is 0. The SMILES string of the molecule is FC(F)(F)c1nccc(Cl)c1-c1c(Cl)ccc(Cl)c1Cl. The summed E-state index contributed by atoms with van der Waals surface area (Å²) in [5.41, 5.74) is -1.65. The molecule has 0 saturated heterocycles. The molecule has 0 radical (unpaired) electrons.